The molecule has 156 valence electrons. The maximum Gasteiger partial charge on any atom is 0.247 e. The fourth-order valence-corrected chi connectivity index (χ4v) is 3.69. The van der Waals surface area contributed by atoms with Crippen molar-refractivity contribution in [3.05, 3.63) is 30.2 Å². The van der Waals surface area contributed by atoms with Gasteiger partial charge < -0.3 is 15.2 Å². The van der Waals surface area contributed by atoms with Crippen molar-refractivity contribution in [2.75, 3.05) is 36.5 Å². The lowest BCUT2D eigenvalue weighted by molar-refractivity contribution is -0.117. The van der Waals surface area contributed by atoms with E-state index in [-0.39, 0.29) is 13.9 Å². The molecule has 2 aromatic heterocycles. The van der Waals surface area contributed by atoms with E-state index in [9.17, 15) is 9.90 Å². The monoisotopic (exact) mass is 399 g/mol. The Balaban J connectivity index is 0.00000256. The number of rotatable bonds is 5. The van der Waals surface area contributed by atoms with Gasteiger partial charge in [0, 0.05) is 32.9 Å². The number of carbonyl (C=O) groups is 1. The van der Waals surface area contributed by atoms with Crippen molar-refractivity contribution in [1.82, 2.24) is 15.0 Å². The smallest absolute Gasteiger partial charge is 0.247 e. The number of fused-ring (bicyclic) bond motifs is 1. The lowest BCUT2D eigenvalue weighted by Crippen LogP contribution is -2.42. The second-order valence-corrected chi connectivity index (χ2v) is 8.16. The fraction of sp³-hybridized carbons (Fsp3) is 0.524. The van der Waals surface area contributed by atoms with Crippen molar-refractivity contribution in [3.8, 4) is 11.3 Å². The zero-order chi connectivity index (χ0) is 20.4. The molecule has 1 fully saturated rings. The Labute approximate surface area is 171 Å². The molecule has 2 aliphatic heterocycles. The van der Waals surface area contributed by atoms with Crippen LogP contribution in [0.3, 0.4) is 0 Å². The summed E-state index contributed by atoms with van der Waals surface area (Å²) in [6, 6.07) is 3.64. The summed E-state index contributed by atoms with van der Waals surface area (Å²) in [4.78, 5) is 27.9. The number of anilines is 2. The number of hydrogen-bond donors (Lipinski definition) is 2. The Bertz CT molecular complexity index is 879. The quantitative estimate of drug-likeness (QED) is 0.797. The van der Waals surface area contributed by atoms with Gasteiger partial charge in [-0.05, 0) is 51.2 Å². The van der Waals surface area contributed by atoms with Gasteiger partial charge in [-0.25, -0.2) is 9.97 Å². The van der Waals surface area contributed by atoms with Crippen LogP contribution in [0.1, 0.15) is 40.2 Å². The molecule has 8 heteroatoms. The molecule has 0 aliphatic carbocycles. The minimum absolute atomic E-state index is 0. The Kier molecular flexibility index (Phi) is 5.47. The van der Waals surface area contributed by atoms with Crippen LogP contribution in [0.25, 0.3) is 11.3 Å². The lowest BCUT2D eigenvalue weighted by atomic mass is 9.96. The first-order valence-corrected chi connectivity index (χ1v) is 10.1. The highest BCUT2D eigenvalue weighted by Crippen LogP contribution is 2.30. The fourth-order valence-electron chi connectivity index (χ4n) is 3.69. The zero-order valence-corrected chi connectivity index (χ0v) is 16.9. The van der Waals surface area contributed by atoms with Crippen LogP contribution in [-0.4, -0.2) is 52.3 Å². The number of nitrogens with zero attached hydrogens (tertiary/aromatic N) is 4. The maximum atomic E-state index is 12.6. The molecule has 8 nitrogen and oxygen atoms in total. The van der Waals surface area contributed by atoms with Gasteiger partial charge in [-0.2, -0.15) is 0 Å². The minimum atomic E-state index is -1.00. The first-order valence-electron chi connectivity index (χ1n) is 10.1. The number of amides is 1. The minimum Gasteiger partial charge on any atom is -0.384 e. The van der Waals surface area contributed by atoms with Crippen LogP contribution < -0.4 is 10.2 Å². The molecule has 1 saturated heterocycles. The first kappa shape index (κ1) is 19.7. The molecule has 0 spiro atoms. The van der Waals surface area contributed by atoms with Gasteiger partial charge in [-0.3, -0.25) is 14.7 Å². The number of aromatic nitrogens is 3. The van der Waals surface area contributed by atoms with E-state index in [4.69, 9.17) is 9.72 Å². The third-order valence-electron chi connectivity index (χ3n) is 5.51. The zero-order valence-electron chi connectivity index (χ0n) is 16.9. The first-order chi connectivity index (χ1) is 13.9. The number of carbonyl (C=O) groups excluding carboxylic acids is 1. The number of pyridine rings is 1. The highest BCUT2D eigenvalue weighted by atomic mass is 16.5. The number of hydrogen-bond acceptors (Lipinski definition) is 7. The van der Waals surface area contributed by atoms with E-state index in [2.05, 4.69) is 15.3 Å². The molecule has 0 bridgehead atoms. The molecule has 0 unspecified atom stereocenters. The average molecular weight is 399 g/mol. The van der Waals surface area contributed by atoms with E-state index < -0.39 is 5.60 Å². The van der Waals surface area contributed by atoms with E-state index in [1.807, 2.05) is 6.07 Å². The standard InChI is InChI=1S/C21H27N5O3.H2/c1-21(2,28)17-4-3-15(11-22-17)16-12-23-19-20(25-16)26(18(27)13-24-19)8-5-14-6-9-29-10-7-14;/h3-4,11-12,14,28H,5-10,13H2,1-2H3,(H,23,24);1H. The van der Waals surface area contributed by atoms with Gasteiger partial charge in [0.25, 0.3) is 0 Å². The van der Waals surface area contributed by atoms with E-state index in [0.717, 1.165) is 38.0 Å². The van der Waals surface area contributed by atoms with E-state index in [1.165, 1.54) is 0 Å². The molecule has 0 atom stereocenters. The van der Waals surface area contributed by atoms with Gasteiger partial charge in [0.05, 0.1) is 24.1 Å². The molecule has 1 amide bonds. The summed E-state index contributed by atoms with van der Waals surface area (Å²) in [5.41, 5.74) is 1.01. The summed E-state index contributed by atoms with van der Waals surface area (Å²) in [7, 11) is 0. The topological polar surface area (TPSA) is 100 Å². The summed E-state index contributed by atoms with van der Waals surface area (Å²) in [5.74, 6) is 1.77. The molecule has 2 aromatic rings. The Morgan fingerprint density at radius 1 is 1.28 bits per heavy atom. The molecule has 2 aliphatic rings. The van der Waals surface area contributed by atoms with Crippen LogP contribution >= 0.6 is 0 Å². The van der Waals surface area contributed by atoms with Gasteiger partial charge in [0.2, 0.25) is 5.91 Å². The summed E-state index contributed by atoms with van der Waals surface area (Å²) in [6.45, 7) is 5.86. The van der Waals surface area contributed by atoms with Crippen molar-refractivity contribution in [1.29, 1.82) is 0 Å². The molecule has 0 radical (unpaired) electrons. The van der Waals surface area contributed by atoms with Crippen LogP contribution in [0, 0.1) is 5.92 Å². The SMILES string of the molecule is CC(C)(O)c1ccc(-c2cnc3c(n2)N(CCC2CCOCC2)C(=O)CN3)cn1.[HH]. The second kappa shape index (κ2) is 8.04. The summed E-state index contributed by atoms with van der Waals surface area (Å²) < 4.78 is 5.43. The van der Waals surface area contributed by atoms with Gasteiger partial charge in [0.15, 0.2) is 11.6 Å². The summed E-state index contributed by atoms with van der Waals surface area (Å²) >= 11 is 0. The highest BCUT2D eigenvalue weighted by molar-refractivity contribution is 6.00. The van der Waals surface area contributed by atoms with Gasteiger partial charge >= 0.3 is 0 Å². The summed E-state index contributed by atoms with van der Waals surface area (Å²) in [5, 5.41) is 13.1. The van der Waals surface area contributed by atoms with Gasteiger partial charge in [0.1, 0.15) is 5.60 Å². The largest absolute Gasteiger partial charge is 0.384 e. The van der Waals surface area contributed by atoms with Crippen molar-refractivity contribution < 1.29 is 16.1 Å². The van der Waals surface area contributed by atoms with Crippen LogP contribution in [0.4, 0.5) is 11.6 Å². The molecule has 4 heterocycles. The van der Waals surface area contributed by atoms with Crippen molar-refractivity contribution in [2.45, 2.75) is 38.7 Å². The van der Waals surface area contributed by atoms with Crippen molar-refractivity contribution >= 4 is 17.5 Å². The predicted octanol–water partition coefficient (Wildman–Crippen LogP) is 2.59. The normalized spacial score (nSPS) is 17.8. The molecule has 2 N–H and O–H groups in total. The van der Waals surface area contributed by atoms with Crippen molar-refractivity contribution in [2.24, 2.45) is 5.92 Å². The lowest BCUT2D eigenvalue weighted by Gasteiger charge is -2.30. The second-order valence-electron chi connectivity index (χ2n) is 8.16. The van der Waals surface area contributed by atoms with Gasteiger partial charge in [-0.15, -0.1) is 0 Å². The van der Waals surface area contributed by atoms with E-state index >= 15 is 0 Å². The van der Waals surface area contributed by atoms with E-state index in [1.54, 1.807) is 37.2 Å². The molecule has 0 saturated carbocycles. The van der Waals surface area contributed by atoms with Crippen molar-refractivity contribution in [3.63, 3.8) is 0 Å². The molecule has 29 heavy (non-hydrogen) atoms. The van der Waals surface area contributed by atoms with Crippen LogP contribution in [-0.2, 0) is 15.1 Å². The molecular formula is C21H29N5O3. The third kappa shape index (κ3) is 4.38. The highest BCUT2D eigenvalue weighted by Gasteiger charge is 2.28. The predicted molar refractivity (Wildman–Crippen MR) is 112 cm³/mol. The average Bonchev–Trinajstić information content (AvgIpc) is 2.73. The maximum absolute atomic E-state index is 12.6. The van der Waals surface area contributed by atoms with Crippen LogP contribution in [0.5, 0.6) is 0 Å². The Hall–Kier alpha value is -2.58. The van der Waals surface area contributed by atoms with Crippen LogP contribution in [0.15, 0.2) is 24.5 Å². The Morgan fingerprint density at radius 3 is 2.76 bits per heavy atom. The molecular weight excluding hydrogens is 370 g/mol. The Morgan fingerprint density at radius 2 is 2.07 bits per heavy atom. The summed E-state index contributed by atoms with van der Waals surface area (Å²) in [6.07, 6.45) is 6.37. The van der Waals surface area contributed by atoms with Gasteiger partial charge in [-0.1, -0.05) is 0 Å². The molecule has 4 rings (SSSR count). The number of ether oxygens (including phenoxy) is 1. The van der Waals surface area contributed by atoms with Crippen LogP contribution in [0.2, 0.25) is 0 Å². The number of nitrogens with one attached hydrogen (secondary N) is 1. The number of aliphatic hydroxyl groups is 1. The van der Waals surface area contributed by atoms with E-state index in [0.29, 0.717) is 35.5 Å². The third-order valence-corrected chi connectivity index (χ3v) is 5.51. The molecule has 0 aromatic carbocycles.